The number of fused-ring (bicyclic) bond motifs is 1. The van der Waals surface area contributed by atoms with Crippen LogP contribution in [0.3, 0.4) is 0 Å². The molecule has 3 aliphatic rings. The highest BCUT2D eigenvalue weighted by atomic mass is 32.2. The fourth-order valence-corrected chi connectivity index (χ4v) is 5.07. The topological polar surface area (TPSA) is 58.6 Å². The lowest BCUT2D eigenvalue weighted by Gasteiger charge is -2.22. The van der Waals surface area contributed by atoms with Gasteiger partial charge in [0.25, 0.3) is 0 Å². The van der Waals surface area contributed by atoms with E-state index in [1.54, 1.807) is 17.8 Å². The van der Waals surface area contributed by atoms with Gasteiger partial charge in [-0.15, -0.1) is 11.8 Å². The number of carbonyl (C=O) groups excluding carboxylic acids is 2. The second-order valence-electron chi connectivity index (χ2n) is 7.45. The Labute approximate surface area is 154 Å². The van der Waals surface area contributed by atoms with Crippen LogP contribution < -0.4 is 5.32 Å². The Bertz CT molecular complexity index is 606. The predicted octanol–water partition coefficient (Wildman–Crippen LogP) is 3.18. The number of thioether (sulfide) groups is 1. The molecule has 25 heavy (non-hydrogen) atoms. The minimum Gasteiger partial charge on any atom is -0.460 e. The molecule has 1 unspecified atom stereocenters. The van der Waals surface area contributed by atoms with E-state index in [0.717, 1.165) is 41.4 Å². The minimum atomic E-state index is -0.222. The number of rotatable bonds is 4. The molecular weight excluding hydrogens is 336 g/mol. The van der Waals surface area contributed by atoms with Gasteiger partial charge in [0.15, 0.2) is 0 Å². The number of hydrogen-bond acceptors (Lipinski definition) is 5. The number of amides is 1. The maximum absolute atomic E-state index is 12.4. The third-order valence-electron chi connectivity index (χ3n) is 4.94. The van der Waals surface area contributed by atoms with Crippen molar-refractivity contribution in [3.05, 3.63) is 22.4 Å². The van der Waals surface area contributed by atoms with Crippen molar-refractivity contribution >= 4 is 23.6 Å². The van der Waals surface area contributed by atoms with E-state index in [1.807, 2.05) is 20.8 Å². The van der Waals surface area contributed by atoms with Gasteiger partial charge in [0.05, 0.1) is 16.7 Å². The largest absolute Gasteiger partial charge is 0.460 e. The van der Waals surface area contributed by atoms with Crippen molar-refractivity contribution in [1.82, 2.24) is 10.2 Å². The van der Waals surface area contributed by atoms with Crippen LogP contribution in [-0.4, -0.2) is 41.2 Å². The fraction of sp³-hybridized carbons (Fsp3) is 0.684. The van der Waals surface area contributed by atoms with E-state index in [9.17, 15) is 9.59 Å². The van der Waals surface area contributed by atoms with Crippen LogP contribution in [0.25, 0.3) is 0 Å². The van der Waals surface area contributed by atoms with Crippen molar-refractivity contribution in [2.24, 2.45) is 5.92 Å². The highest BCUT2D eigenvalue weighted by molar-refractivity contribution is 8.03. The zero-order chi connectivity index (χ0) is 18.0. The van der Waals surface area contributed by atoms with Crippen LogP contribution in [0.4, 0.5) is 0 Å². The molecule has 1 aliphatic carbocycles. The van der Waals surface area contributed by atoms with Crippen LogP contribution >= 0.6 is 11.8 Å². The van der Waals surface area contributed by atoms with Gasteiger partial charge in [-0.2, -0.15) is 0 Å². The first-order valence-corrected chi connectivity index (χ1v) is 10.3. The van der Waals surface area contributed by atoms with E-state index >= 15 is 0 Å². The third-order valence-corrected chi connectivity index (χ3v) is 6.09. The Balaban J connectivity index is 1.68. The van der Waals surface area contributed by atoms with E-state index in [2.05, 4.69) is 10.2 Å². The van der Waals surface area contributed by atoms with Gasteiger partial charge in [-0.3, -0.25) is 4.79 Å². The predicted molar refractivity (Wildman–Crippen MR) is 99.7 cm³/mol. The molecule has 2 aliphatic heterocycles. The van der Waals surface area contributed by atoms with E-state index in [-0.39, 0.29) is 23.9 Å². The van der Waals surface area contributed by atoms with Crippen molar-refractivity contribution in [3.63, 3.8) is 0 Å². The Morgan fingerprint density at radius 1 is 1.28 bits per heavy atom. The Morgan fingerprint density at radius 3 is 2.68 bits per heavy atom. The molecule has 1 saturated carbocycles. The molecule has 1 amide bonds. The SMILES string of the molecule is CC(C)OC(=O)C1=C2SCC(=CC(=O)NC3CCCCC3)N2CC1C. The van der Waals surface area contributed by atoms with Gasteiger partial charge in [0.1, 0.15) is 0 Å². The second kappa shape index (κ2) is 7.85. The normalized spacial score (nSPS) is 25.7. The molecule has 6 heteroatoms. The highest BCUT2D eigenvalue weighted by Gasteiger charge is 2.39. The van der Waals surface area contributed by atoms with Gasteiger partial charge in [-0.1, -0.05) is 26.2 Å². The summed E-state index contributed by atoms with van der Waals surface area (Å²) < 4.78 is 5.39. The monoisotopic (exact) mass is 364 g/mol. The molecule has 0 spiro atoms. The van der Waals surface area contributed by atoms with Crippen molar-refractivity contribution in [3.8, 4) is 0 Å². The molecule has 1 atom stereocenters. The highest BCUT2D eigenvalue weighted by Crippen LogP contribution is 2.45. The first-order valence-electron chi connectivity index (χ1n) is 9.32. The molecule has 2 fully saturated rings. The zero-order valence-electron chi connectivity index (χ0n) is 15.3. The molecule has 0 radical (unpaired) electrons. The lowest BCUT2D eigenvalue weighted by Crippen LogP contribution is -2.35. The summed E-state index contributed by atoms with van der Waals surface area (Å²) in [4.78, 5) is 26.9. The standard InChI is InChI=1S/C19H28N2O3S/c1-12(2)24-19(23)17-13(3)10-21-15(11-25-18(17)21)9-16(22)20-14-7-5-4-6-8-14/h9,12-14H,4-8,10-11H2,1-3H3,(H,20,22). The summed E-state index contributed by atoms with van der Waals surface area (Å²) in [6.45, 7) is 6.52. The lowest BCUT2D eigenvalue weighted by molar-refractivity contribution is -0.143. The average Bonchev–Trinajstić information content (AvgIpc) is 3.06. The third kappa shape index (κ3) is 4.22. The first-order chi connectivity index (χ1) is 12.0. The molecule has 2 heterocycles. The fourth-order valence-electron chi connectivity index (χ4n) is 3.75. The molecule has 0 bridgehead atoms. The van der Waals surface area contributed by atoms with Crippen molar-refractivity contribution in [2.45, 2.75) is 65.0 Å². The number of ether oxygens (including phenoxy) is 1. The lowest BCUT2D eigenvalue weighted by atomic mass is 9.95. The van der Waals surface area contributed by atoms with Crippen LogP contribution in [0.2, 0.25) is 0 Å². The van der Waals surface area contributed by atoms with E-state index in [4.69, 9.17) is 4.74 Å². The number of carbonyl (C=O) groups is 2. The summed E-state index contributed by atoms with van der Waals surface area (Å²) in [5.41, 5.74) is 1.75. The molecule has 1 saturated heterocycles. The Morgan fingerprint density at radius 2 is 2.00 bits per heavy atom. The molecule has 3 rings (SSSR count). The summed E-state index contributed by atoms with van der Waals surface area (Å²) in [6.07, 6.45) is 7.45. The van der Waals surface area contributed by atoms with Gasteiger partial charge in [-0.05, 0) is 26.7 Å². The zero-order valence-corrected chi connectivity index (χ0v) is 16.2. The average molecular weight is 365 g/mol. The van der Waals surface area contributed by atoms with Crippen LogP contribution in [0.1, 0.15) is 52.9 Å². The maximum atomic E-state index is 12.4. The molecule has 0 aromatic heterocycles. The quantitative estimate of drug-likeness (QED) is 0.613. The Kier molecular flexibility index (Phi) is 5.77. The minimum absolute atomic E-state index is 0.00499. The van der Waals surface area contributed by atoms with E-state index in [1.165, 1.54) is 19.3 Å². The van der Waals surface area contributed by atoms with Crippen LogP contribution in [0, 0.1) is 5.92 Å². The molecular formula is C19H28N2O3S. The summed E-state index contributed by atoms with van der Waals surface area (Å²) in [6, 6.07) is 0.316. The molecule has 138 valence electrons. The molecule has 5 nitrogen and oxygen atoms in total. The number of nitrogens with zero attached hydrogens (tertiary/aromatic N) is 1. The van der Waals surface area contributed by atoms with Gasteiger partial charge in [-0.25, -0.2) is 4.79 Å². The van der Waals surface area contributed by atoms with Gasteiger partial charge < -0.3 is 15.0 Å². The summed E-state index contributed by atoms with van der Waals surface area (Å²) >= 11 is 1.63. The van der Waals surface area contributed by atoms with Crippen LogP contribution in [0.5, 0.6) is 0 Å². The summed E-state index contributed by atoms with van der Waals surface area (Å²) in [5, 5.41) is 4.11. The smallest absolute Gasteiger partial charge is 0.337 e. The van der Waals surface area contributed by atoms with Crippen LogP contribution in [-0.2, 0) is 14.3 Å². The number of hydrogen-bond donors (Lipinski definition) is 1. The first kappa shape index (κ1) is 18.4. The van der Waals surface area contributed by atoms with Crippen molar-refractivity contribution in [2.75, 3.05) is 12.3 Å². The number of esters is 1. The summed E-state index contributed by atoms with van der Waals surface area (Å²) in [5.74, 6) is 0.632. The molecule has 0 aromatic carbocycles. The molecule has 0 aromatic rings. The number of nitrogens with one attached hydrogen (secondary N) is 1. The van der Waals surface area contributed by atoms with Gasteiger partial charge >= 0.3 is 5.97 Å². The maximum Gasteiger partial charge on any atom is 0.337 e. The van der Waals surface area contributed by atoms with Crippen LogP contribution in [0.15, 0.2) is 22.4 Å². The van der Waals surface area contributed by atoms with E-state index < -0.39 is 0 Å². The van der Waals surface area contributed by atoms with Crippen molar-refractivity contribution in [1.29, 1.82) is 0 Å². The van der Waals surface area contributed by atoms with Gasteiger partial charge in [0.2, 0.25) is 5.91 Å². The van der Waals surface area contributed by atoms with Gasteiger partial charge in [0, 0.05) is 36.0 Å². The second-order valence-corrected chi connectivity index (χ2v) is 8.42. The Hall–Kier alpha value is -1.43. The summed E-state index contributed by atoms with van der Waals surface area (Å²) in [7, 11) is 0. The van der Waals surface area contributed by atoms with Crippen molar-refractivity contribution < 1.29 is 14.3 Å². The van der Waals surface area contributed by atoms with E-state index in [0.29, 0.717) is 6.04 Å². The molecule has 1 N–H and O–H groups in total.